The third kappa shape index (κ3) is 2.11. The summed E-state index contributed by atoms with van der Waals surface area (Å²) in [6.07, 6.45) is 4.08. The molecule has 0 spiro atoms. The normalized spacial score (nSPS) is 14.9. The van der Waals surface area contributed by atoms with Crippen molar-refractivity contribution >= 4 is 5.69 Å². The van der Waals surface area contributed by atoms with E-state index in [1.807, 2.05) is 16.9 Å². The smallest absolute Gasteiger partial charge is 0.0534 e. The summed E-state index contributed by atoms with van der Waals surface area (Å²) < 4.78 is 1.97. The van der Waals surface area contributed by atoms with Crippen LogP contribution in [-0.4, -0.2) is 14.7 Å². The molecule has 94 valence electrons. The van der Waals surface area contributed by atoms with Crippen molar-refractivity contribution in [3.63, 3.8) is 0 Å². The van der Waals surface area contributed by atoms with Crippen LogP contribution in [0.1, 0.15) is 23.6 Å². The van der Waals surface area contributed by atoms with Crippen molar-refractivity contribution in [1.82, 2.24) is 14.7 Å². The van der Waals surface area contributed by atoms with Crippen molar-refractivity contribution < 1.29 is 0 Å². The van der Waals surface area contributed by atoms with Crippen LogP contribution in [0.25, 0.3) is 0 Å². The van der Waals surface area contributed by atoms with E-state index in [9.17, 15) is 0 Å². The fraction of sp³-hybridized carbons (Fsp3) is 0.357. The van der Waals surface area contributed by atoms with Gasteiger partial charge in [-0.05, 0) is 30.2 Å². The number of anilines is 1. The van der Waals surface area contributed by atoms with Crippen LogP contribution in [0.15, 0.2) is 30.6 Å². The summed E-state index contributed by atoms with van der Waals surface area (Å²) in [6.45, 7) is 5.97. The highest BCUT2D eigenvalue weighted by molar-refractivity contribution is 5.46. The molecule has 2 heterocycles. The van der Waals surface area contributed by atoms with Gasteiger partial charge in [0.05, 0.1) is 6.20 Å². The number of nitrogens with zero attached hydrogens (tertiary/aromatic N) is 3. The molecule has 0 bridgehead atoms. The van der Waals surface area contributed by atoms with Crippen LogP contribution in [-0.2, 0) is 26.2 Å². The average molecular weight is 242 g/mol. The van der Waals surface area contributed by atoms with Gasteiger partial charge in [-0.2, -0.15) is 5.10 Å². The molecule has 0 unspecified atom stereocenters. The Hall–Kier alpha value is -1.81. The molecule has 0 saturated carbocycles. The van der Waals surface area contributed by atoms with Crippen LogP contribution in [0, 0.1) is 0 Å². The minimum Gasteiger partial charge on any atom is -0.399 e. The van der Waals surface area contributed by atoms with E-state index in [2.05, 4.69) is 35.3 Å². The molecule has 18 heavy (non-hydrogen) atoms. The van der Waals surface area contributed by atoms with E-state index in [0.29, 0.717) is 0 Å². The molecule has 2 aromatic rings. The maximum absolute atomic E-state index is 5.82. The van der Waals surface area contributed by atoms with Crippen LogP contribution in [0.2, 0.25) is 0 Å². The minimum absolute atomic E-state index is 0.856. The molecule has 1 aromatic carbocycles. The Kier molecular flexibility index (Phi) is 2.80. The van der Waals surface area contributed by atoms with Crippen molar-refractivity contribution in [3.05, 3.63) is 47.3 Å². The summed E-state index contributed by atoms with van der Waals surface area (Å²) >= 11 is 0. The molecule has 2 N–H and O–H groups in total. The van der Waals surface area contributed by atoms with Crippen molar-refractivity contribution in [2.45, 2.75) is 33.1 Å². The van der Waals surface area contributed by atoms with Gasteiger partial charge in [-0.1, -0.05) is 6.07 Å². The van der Waals surface area contributed by atoms with Crippen molar-refractivity contribution in [2.24, 2.45) is 0 Å². The lowest BCUT2D eigenvalue weighted by molar-refractivity contribution is 0.275. The lowest BCUT2D eigenvalue weighted by Gasteiger charge is -2.12. The van der Waals surface area contributed by atoms with Crippen LogP contribution in [0.4, 0.5) is 5.69 Å². The Morgan fingerprint density at radius 1 is 1.28 bits per heavy atom. The van der Waals surface area contributed by atoms with Crippen LogP contribution >= 0.6 is 0 Å². The Balaban J connectivity index is 1.70. The van der Waals surface area contributed by atoms with Crippen molar-refractivity contribution in [3.8, 4) is 0 Å². The van der Waals surface area contributed by atoms with Gasteiger partial charge in [-0.3, -0.25) is 9.58 Å². The Bertz CT molecular complexity index is 559. The highest BCUT2D eigenvalue weighted by atomic mass is 15.3. The van der Waals surface area contributed by atoms with E-state index in [1.165, 1.54) is 16.7 Å². The second-order valence-corrected chi connectivity index (χ2v) is 4.88. The fourth-order valence-electron chi connectivity index (χ4n) is 2.52. The predicted molar refractivity (Wildman–Crippen MR) is 71.7 cm³/mol. The van der Waals surface area contributed by atoms with Crippen LogP contribution in [0.3, 0.4) is 0 Å². The van der Waals surface area contributed by atoms with Crippen LogP contribution < -0.4 is 5.73 Å². The summed E-state index contributed by atoms with van der Waals surface area (Å²) in [5.41, 5.74) is 10.7. The molecule has 1 aliphatic rings. The summed E-state index contributed by atoms with van der Waals surface area (Å²) in [6, 6.07) is 6.21. The first kappa shape index (κ1) is 11.3. The van der Waals surface area contributed by atoms with E-state index < -0.39 is 0 Å². The zero-order valence-electron chi connectivity index (χ0n) is 10.6. The summed E-state index contributed by atoms with van der Waals surface area (Å²) in [5.74, 6) is 0. The molecule has 1 aromatic heterocycles. The molecule has 0 saturated heterocycles. The molecule has 4 nitrogen and oxygen atoms in total. The first-order chi connectivity index (χ1) is 8.74. The number of nitrogens with two attached hydrogens (primary N) is 1. The standard InChI is InChI=1S/C14H18N4/c1-2-18-8-11(6-16-18)7-17-9-12-3-4-14(15)5-13(12)10-17/h3-6,8H,2,7,9-10,15H2,1H3. The molecule has 0 amide bonds. The van der Waals surface area contributed by atoms with E-state index in [0.717, 1.165) is 31.9 Å². The maximum atomic E-state index is 5.82. The van der Waals surface area contributed by atoms with E-state index in [-0.39, 0.29) is 0 Å². The first-order valence-electron chi connectivity index (χ1n) is 6.35. The van der Waals surface area contributed by atoms with E-state index in [1.54, 1.807) is 0 Å². The molecule has 0 fully saturated rings. The van der Waals surface area contributed by atoms with Gasteiger partial charge in [-0.15, -0.1) is 0 Å². The first-order valence-corrected chi connectivity index (χ1v) is 6.35. The lowest BCUT2D eigenvalue weighted by atomic mass is 10.1. The Morgan fingerprint density at radius 2 is 2.11 bits per heavy atom. The van der Waals surface area contributed by atoms with Gasteiger partial charge in [0.1, 0.15) is 0 Å². The van der Waals surface area contributed by atoms with Gasteiger partial charge in [0.25, 0.3) is 0 Å². The monoisotopic (exact) mass is 242 g/mol. The van der Waals surface area contributed by atoms with Gasteiger partial charge in [-0.25, -0.2) is 0 Å². The highest BCUT2D eigenvalue weighted by Crippen LogP contribution is 2.25. The number of hydrogen-bond donors (Lipinski definition) is 1. The largest absolute Gasteiger partial charge is 0.399 e. The number of rotatable bonds is 3. The summed E-state index contributed by atoms with van der Waals surface area (Å²) in [4.78, 5) is 2.42. The molecule has 0 aliphatic carbocycles. The number of hydrogen-bond acceptors (Lipinski definition) is 3. The number of nitrogen functional groups attached to an aromatic ring is 1. The number of aryl methyl sites for hydroxylation is 1. The van der Waals surface area contributed by atoms with Gasteiger partial charge in [0.2, 0.25) is 0 Å². The maximum Gasteiger partial charge on any atom is 0.0534 e. The second kappa shape index (κ2) is 4.46. The Labute approximate surface area is 107 Å². The Morgan fingerprint density at radius 3 is 2.89 bits per heavy atom. The SMILES string of the molecule is CCn1cc(CN2Cc3ccc(N)cc3C2)cn1. The van der Waals surface area contributed by atoms with Gasteiger partial charge in [0.15, 0.2) is 0 Å². The quantitative estimate of drug-likeness (QED) is 0.837. The molecular weight excluding hydrogens is 224 g/mol. The zero-order valence-corrected chi connectivity index (χ0v) is 10.6. The third-order valence-electron chi connectivity index (χ3n) is 3.44. The molecule has 0 atom stereocenters. The topological polar surface area (TPSA) is 47.1 Å². The highest BCUT2D eigenvalue weighted by Gasteiger charge is 2.19. The number of fused-ring (bicyclic) bond motifs is 1. The van der Waals surface area contributed by atoms with Crippen molar-refractivity contribution in [2.75, 3.05) is 5.73 Å². The molecule has 3 rings (SSSR count). The van der Waals surface area contributed by atoms with Gasteiger partial charge >= 0.3 is 0 Å². The lowest BCUT2D eigenvalue weighted by Crippen LogP contribution is -2.15. The van der Waals surface area contributed by atoms with Gasteiger partial charge in [0, 0.05) is 43.6 Å². The third-order valence-corrected chi connectivity index (χ3v) is 3.44. The molecule has 4 heteroatoms. The zero-order chi connectivity index (χ0) is 12.5. The number of benzene rings is 1. The summed E-state index contributed by atoms with van der Waals surface area (Å²) in [7, 11) is 0. The number of aromatic nitrogens is 2. The van der Waals surface area contributed by atoms with E-state index >= 15 is 0 Å². The summed E-state index contributed by atoms with van der Waals surface area (Å²) in [5, 5.41) is 4.31. The predicted octanol–water partition coefficient (Wildman–Crippen LogP) is 2.00. The minimum atomic E-state index is 0.856. The average Bonchev–Trinajstić information content (AvgIpc) is 2.95. The fourth-order valence-corrected chi connectivity index (χ4v) is 2.52. The second-order valence-electron chi connectivity index (χ2n) is 4.88. The molecule has 0 radical (unpaired) electrons. The van der Waals surface area contributed by atoms with E-state index in [4.69, 9.17) is 5.73 Å². The molecule has 1 aliphatic heterocycles. The van der Waals surface area contributed by atoms with Gasteiger partial charge < -0.3 is 5.73 Å². The van der Waals surface area contributed by atoms with Crippen LogP contribution in [0.5, 0.6) is 0 Å². The van der Waals surface area contributed by atoms with Crippen molar-refractivity contribution in [1.29, 1.82) is 0 Å². The molecular formula is C14H18N4.